The zero-order chi connectivity index (χ0) is 15.4. The Morgan fingerprint density at radius 1 is 0.955 bits per heavy atom. The lowest BCUT2D eigenvalue weighted by Gasteiger charge is -2.42. The number of likely N-dealkylation sites (tertiary alicyclic amines) is 1. The van der Waals surface area contributed by atoms with Gasteiger partial charge in [-0.05, 0) is 50.7 Å². The number of piperidine rings is 1. The van der Waals surface area contributed by atoms with Gasteiger partial charge in [-0.2, -0.15) is 0 Å². The Bertz CT molecular complexity index is 446. The van der Waals surface area contributed by atoms with Crippen LogP contribution in [0.5, 0.6) is 5.75 Å². The summed E-state index contributed by atoms with van der Waals surface area (Å²) < 4.78 is 5.23. The van der Waals surface area contributed by atoms with Crippen LogP contribution in [0.2, 0.25) is 0 Å². The highest BCUT2D eigenvalue weighted by Crippen LogP contribution is 2.20. The smallest absolute Gasteiger partial charge is 0.118 e. The predicted octanol–water partition coefficient (Wildman–Crippen LogP) is 1.91. The third-order valence-electron chi connectivity index (χ3n) is 5.18. The van der Waals surface area contributed by atoms with Crippen molar-refractivity contribution in [3.63, 3.8) is 0 Å². The largest absolute Gasteiger partial charge is 0.497 e. The van der Waals surface area contributed by atoms with Gasteiger partial charge in [0, 0.05) is 38.8 Å². The van der Waals surface area contributed by atoms with E-state index in [1.54, 1.807) is 7.11 Å². The zero-order valence-electron chi connectivity index (χ0n) is 14.0. The molecule has 1 aromatic carbocycles. The summed E-state index contributed by atoms with van der Waals surface area (Å²) in [5.41, 5.74) is 1.39. The molecule has 0 aromatic heterocycles. The molecule has 122 valence electrons. The number of hydrogen-bond donors (Lipinski definition) is 0. The lowest BCUT2D eigenvalue weighted by molar-refractivity contribution is 0.0658. The highest BCUT2D eigenvalue weighted by atomic mass is 16.5. The summed E-state index contributed by atoms with van der Waals surface area (Å²) in [6, 6.07) is 9.30. The van der Waals surface area contributed by atoms with Crippen molar-refractivity contribution in [2.75, 3.05) is 53.4 Å². The average Bonchev–Trinajstić information content (AvgIpc) is 2.57. The summed E-state index contributed by atoms with van der Waals surface area (Å²) in [5, 5.41) is 0. The lowest BCUT2D eigenvalue weighted by atomic mass is 10.0. The van der Waals surface area contributed by atoms with Crippen LogP contribution in [0.15, 0.2) is 24.3 Å². The van der Waals surface area contributed by atoms with Crippen LogP contribution >= 0.6 is 0 Å². The van der Waals surface area contributed by atoms with Crippen molar-refractivity contribution >= 4 is 0 Å². The Morgan fingerprint density at radius 2 is 1.59 bits per heavy atom. The van der Waals surface area contributed by atoms with Crippen molar-refractivity contribution in [2.45, 2.75) is 25.4 Å². The molecule has 0 radical (unpaired) electrons. The molecule has 0 saturated carbocycles. The van der Waals surface area contributed by atoms with Crippen molar-refractivity contribution in [2.24, 2.45) is 0 Å². The van der Waals surface area contributed by atoms with Crippen LogP contribution in [0.4, 0.5) is 0 Å². The molecule has 0 unspecified atom stereocenters. The average molecular weight is 303 g/mol. The van der Waals surface area contributed by atoms with E-state index in [-0.39, 0.29) is 0 Å². The van der Waals surface area contributed by atoms with E-state index in [0.717, 1.165) is 18.3 Å². The monoisotopic (exact) mass is 303 g/mol. The number of nitrogens with zero attached hydrogens (tertiary/aromatic N) is 3. The summed E-state index contributed by atoms with van der Waals surface area (Å²) in [4.78, 5) is 7.74. The Balaban J connectivity index is 1.45. The molecule has 0 bridgehead atoms. The Kier molecular flexibility index (Phi) is 5.34. The quantitative estimate of drug-likeness (QED) is 0.846. The third-order valence-corrected chi connectivity index (χ3v) is 5.18. The number of ether oxygens (including phenoxy) is 1. The van der Waals surface area contributed by atoms with Crippen LogP contribution < -0.4 is 4.74 Å². The van der Waals surface area contributed by atoms with Crippen LogP contribution in [-0.2, 0) is 6.54 Å². The number of likely N-dealkylation sites (N-methyl/N-ethyl adjacent to an activating group) is 1. The van der Waals surface area contributed by atoms with Gasteiger partial charge in [0.15, 0.2) is 0 Å². The molecular formula is C18H29N3O. The summed E-state index contributed by atoms with van der Waals surface area (Å²) in [6.07, 6.45) is 2.64. The second kappa shape index (κ2) is 7.44. The molecular weight excluding hydrogens is 274 g/mol. The number of benzene rings is 1. The molecule has 0 spiro atoms. The molecule has 0 aliphatic carbocycles. The molecule has 4 heteroatoms. The van der Waals surface area contributed by atoms with E-state index >= 15 is 0 Å². The lowest BCUT2D eigenvalue weighted by Crippen LogP contribution is -2.52. The Morgan fingerprint density at radius 3 is 2.18 bits per heavy atom. The highest BCUT2D eigenvalue weighted by Gasteiger charge is 2.26. The maximum Gasteiger partial charge on any atom is 0.118 e. The standard InChI is InChI=1S/C18H29N3O/c1-19-11-13-21(14-12-19)17-7-9-20(10-8-17)15-16-3-5-18(22-2)6-4-16/h3-6,17H,7-15H2,1-2H3. The Labute approximate surface area is 134 Å². The molecule has 0 amide bonds. The molecule has 22 heavy (non-hydrogen) atoms. The van der Waals surface area contributed by atoms with Crippen LogP contribution in [-0.4, -0.2) is 74.2 Å². The topological polar surface area (TPSA) is 19.0 Å². The van der Waals surface area contributed by atoms with Crippen molar-refractivity contribution in [3.8, 4) is 5.75 Å². The minimum absolute atomic E-state index is 0.806. The summed E-state index contributed by atoms with van der Waals surface area (Å²) >= 11 is 0. The van der Waals surface area contributed by atoms with E-state index in [9.17, 15) is 0 Å². The van der Waals surface area contributed by atoms with E-state index in [1.165, 1.54) is 57.7 Å². The third kappa shape index (κ3) is 4.00. The number of piperazine rings is 1. The van der Waals surface area contributed by atoms with E-state index < -0.39 is 0 Å². The van der Waals surface area contributed by atoms with Crippen LogP contribution in [0.3, 0.4) is 0 Å². The first-order chi connectivity index (χ1) is 10.7. The highest BCUT2D eigenvalue weighted by molar-refractivity contribution is 5.27. The van der Waals surface area contributed by atoms with Crippen molar-refractivity contribution in [1.82, 2.24) is 14.7 Å². The van der Waals surface area contributed by atoms with Gasteiger partial charge >= 0.3 is 0 Å². The maximum absolute atomic E-state index is 5.23. The minimum Gasteiger partial charge on any atom is -0.497 e. The summed E-state index contributed by atoms with van der Waals surface area (Å²) in [7, 11) is 3.95. The molecule has 0 atom stereocenters. The molecule has 4 nitrogen and oxygen atoms in total. The predicted molar refractivity (Wildman–Crippen MR) is 90.4 cm³/mol. The molecule has 2 aliphatic rings. The second-order valence-corrected chi connectivity index (χ2v) is 6.69. The molecule has 2 heterocycles. The number of rotatable bonds is 4. The fourth-order valence-corrected chi connectivity index (χ4v) is 3.62. The first kappa shape index (κ1) is 15.8. The van der Waals surface area contributed by atoms with Crippen molar-refractivity contribution < 1.29 is 4.74 Å². The first-order valence-electron chi connectivity index (χ1n) is 8.52. The van der Waals surface area contributed by atoms with Crippen molar-refractivity contribution in [1.29, 1.82) is 0 Å². The molecule has 0 N–H and O–H groups in total. The Hall–Kier alpha value is -1.10. The van der Waals surface area contributed by atoms with E-state index in [2.05, 4.69) is 46.0 Å². The van der Waals surface area contributed by atoms with Gasteiger partial charge in [0.25, 0.3) is 0 Å². The van der Waals surface area contributed by atoms with E-state index in [4.69, 9.17) is 4.74 Å². The van der Waals surface area contributed by atoms with Crippen LogP contribution in [0.25, 0.3) is 0 Å². The van der Waals surface area contributed by atoms with Crippen LogP contribution in [0, 0.1) is 0 Å². The van der Waals surface area contributed by atoms with Gasteiger partial charge in [-0.15, -0.1) is 0 Å². The van der Waals surface area contributed by atoms with Gasteiger partial charge in [-0.25, -0.2) is 0 Å². The molecule has 2 aliphatic heterocycles. The number of methoxy groups -OCH3 is 1. The van der Waals surface area contributed by atoms with Gasteiger partial charge in [-0.1, -0.05) is 12.1 Å². The fourth-order valence-electron chi connectivity index (χ4n) is 3.62. The van der Waals surface area contributed by atoms with Gasteiger partial charge in [0.1, 0.15) is 5.75 Å². The van der Waals surface area contributed by atoms with Crippen molar-refractivity contribution in [3.05, 3.63) is 29.8 Å². The maximum atomic E-state index is 5.23. The van der Waals surface area contributed by atoms with E-state index in [1.807, 2.05) is 0 Å². The molecule has 2 fully saturated rings. The minimum atomic E-state index is 0.806. The molecule has 2 saturated heterocycles. The van der Waals surface area contributed by atoms with Gasteiger partial charge in [0.05, 0.1) is 7.11 Å². The summed E-state index contributed by atoms with van der Waals surface area (Å²) in [6.45, 7) is 8.48. The normalized spacial score (nSPS) is 22.8. The van der Waals surface area contributed by atoms with Crippen LogP contribution in [0.1, 0.15) is 18.4 Å². The molecule has 3 rings (SSSR count). The number of hydrogen-bond acceptors (Lipinski definition) is 4. The first-order valence-corrected chi connectivity index (χ1v) is 8.52. The summed E-state index contributed by atoms with van der Waals surface area (Å²) in [5.74, 6) is 0.942. The molecule has 1 aromatic rings. The van der Waals surface area contributed by atoms with Gasteiger partial charge < -0.3 is 9.64 Å². The zero-order valence-corrected chi connectivity index (χ0v) is 14.0. The van der Waals surface area contributed by atoms with Gasteiger partial charge in [0.2, 0.25) is 0 Å². The second-order valence-electron chi connectivity index (χ2n) is 6.69. The fraction of sp³-hybridized carbons (Fsp3) is 0.667. The SMILES string of the molecule is COc1ccc(CN2CCC(N3CCN(C)CC3)CC2)cc1. The van der Waals surface area contributed by atoms with E-state index in [0.29, 0.717) is 0 Å². The van der Waals surface area contributed by atoms with Gasteiger partial charge in [-0.3, -0.25) is 9.80 Å².